The Kier molecular flexibility index (Phi) is 4.62. The monoisotopic (exact) mass is 288 g/mol. The third-order valence-corrected chi connectivity index (χ3v) is 3.18. The van der Waals surface area contributed by atoms with Crippen molar-refractivity contribution in [2.75, 3.05) is 12.4 Å². The Morgan fingerprint density at radius 3 is 2.71 bits per heavy atom. The van der Waals surface area contributed by atoms with E-state index in [1.54, 1.807) is 20.1 Å². The molecular formula is C16H20N2O3. The molecule has 2 rings (SSSR count). The van der Waals surface area contributed by atoms with Crippen molar-refractivity contribution >= 4 is 11.7 Å². The first kappa shape index (κ1) is 15.1. The number of aromatic nitrogens is 1. The highest BCUT2D eigenvalue weighted by atomic mass is 16.5. The van der Waals surface area contributed by atoms with E-state index in [9.17, 15) is 4.79 Å². The zero-order valence-electron chi connectivity index (χ0n) is 12.8. The predicted molar refractivity (Wildman–Crippen MR) is 80.7 cm³/mol. The Bertz CT molecular complexity index is 632. The number of benzene rings is 1. The Hall–Kier alpha value is -2.30. The van der Waals surface area contributed by atoms with E-state index in [4.69, 9.17) is 9.26 Å². The van der Waals surface area contributed by atoms with Crippen molar-refractivity contribution in [2.24, 2.45) is 0 Å². The van der Waals surface area contributed by atoms with Crippen molar-refractivity contribution in [3.63, 3.8) is 0 Å². The van der Waals surface area contributed by atoms with Gasteiger partial charge in [0, 0.05) is 6.07 Å². The first-order valence-electron chi connectivity index (χ1n) is 6.89. The number of aryl methyl sites for hydroxylation is 1. The molecule has 0 spiro atoms. The van der Waals surface area contributed by atoms with Crippen LogP contribution in [0, 0.1) is 6.92 Å². The van der Waals surface area contributed by atoms with Gasteiger partial charge in [0.15, 0.2) is 5.82 Å². The standard InChI is InChI=1S/C16H20N2O3/c1-10(2)13-8-12(5-6-14(13)20-4)9-16(19)17-15-7-11(3)21-18-15/h5-8,10H,9H2,1-4H3,(H,17,18,19). The van der Waals surface area contributed by atoms with Gasteiger partial charge in [-0.25, -0.2) is 0 Å². The maximum Gasteiger partial charge on any atom is 0.230 e. The van der Waals surface area contributed by atoms with Crippen LogP contribution < -0.4 is 10.1 Å². The fourth-order valence-electron chi connectivity index (χ4n) is 2.14. The second-order valence-corrected chi connectivity index (χ2v) is 5.28. The van der Waals surface area contributed by atoms with Crippen molar-refractivity contribution in [3.8, 4) is 5.75 Å². The number of anilines is 1. The van der Waals surface area contributed by atoms with Crippen LogP contribution in [0.25, 0.3) is 0 Å². The van der Waals surface area contributed by atoms with Gasteiger partial charge in [0.05, 0.1) is 13.5 Å². The van der Waals surface area contributed by atoms with Gasteiger partial charge in [-0.1, -0.05) is 31.1 Å². The molecule has 5 heteroatoms. The zero-order valence-corrected chi connectivity index (χ0v) is 12.8. The van der Waals surface area contributed by atoms with Crippen LogP contribution in [-0.2, 0) is 11.2 Å². The normalized spacial score (nSPS) is 10.7. The summed E-state index contributed by atoms with van der Waals surface area (Å²) in [6.07, 6.45) is 0.287. The fraction of sp³-hybridized carbons (Fsp3) is 0.375. The molecule has 0 aliphatic rings. The third kappa shape index (κ3) is 3.84. The molecule has 1 heterocycles. The number of hydrogen-bond acceptors (Lipinski definition) is 4. The average molecular weight is 288 g/mol. The number of nitrogens with one attached hydrogen (secondary N) is 1. The number of nitrogens with zero attached hydrogens (tertiary/aromatic N) is 1. The Morgan fingerprint density at radius 1 is 1.38 bits per heavy atom. The predicted octanol–water partition coefficient (Wildman–Crippen LogP) is 3.30. The van der Waals surface area contributed by atoms with Crippen molar-refractivity contribution in [3.05, 3.63) is 41.2 Å². The Morgan fingerprint density at radius 2 is 2.14 bits per heavy atom. The van der Waals surface area contributed by atoms with E-state index in [0.29, 0.717) is 17.5 Å². The second kappa shape index (κ2) is 6.43. The average Bonchev–Trinajstić information content (AvgIpc) is 2.83. The number of amides is 1. The lowest BCUT2D eigenvalue weighted by Gasteiger charge is -2.13. The molecule has 0 saturated carbocycles. The topological polar surface area (TPSA) is 64.4 Å². The summed E-state index contributed by atoms with van der Waals surface area (Å²) in [5, 5.41) is 6.46. The summed E-state index contributed by atoms with van der Waals surface area (Å²) in [7, 11) is 1.65. The van der Waals surface area contributed by atoms with Crippen molar-refractivity contribution in [2.45, 2.75) is 33.1 Å². The molecule has 0 atom stereocenters. The summed E-state index contributed by atoms with van der Waals surface area (Å²) in [4.78, 5) is 12.0. The van der Waals surface area contributed by atoms with Crippen LogP contribution in [0.1, 0.15) is 36.7 Å². The number of hydrogen-bond donors (Lipinski definition) is 1. The summed E-state index contributed by atoms with van der Waals surface area (Å²) in [5.41, 5.74) is 2.04. The van der Waals surface area contributed by atoms with Crippen LogP contribution in [-0.4, -0.2) is 18.2 Å². The highest BCUT2D eigenvalue weighted by Crippen LogP contribution is 2.27. The summed E-state index contributed by atoms with van der Waals surface area (Å²) < 4.78 is 10.3. The summed E-state index contributed by atoms with van der Waals surface area (Å²) in [5.74, 6) is 2.16. The highest BCUT2D eigenvalue weighted by molar-refractivity contribution is 5.91. The van der Waals surface area contributed by atoms with Gasteiger partial charge in [0.2, 0.25) is 5.91 Å². The van der Waals surface area contributed by atoms with E-state index in [1.165, 1.54) is 0 Å². The maximum atomic E-state index is 12.0. The van der Waals surface area contributed by atoms with Crippen LogP contribution >= 0.6 is 0 Å². The van der Waals surface area contributed by atoms with Crippen molar-refractivity contribution < 1.29 is 14.1 Å². The van der Waals surface area contributed by atoms with E-state index < -0.39 is 0 Å². The zero-order chi connectivity index (χ0) is 15.4. The van der Waals surface area contributed by atoms with E-state index in [0.717, 1.165) is 16.9 Å². The van der Waals surface area contributed by atoms with Gasteiger partial charge in [0.1, 0.15) is 11.5 Å². The Labute approximate surface area is 124 Å². The molecule has 2 aromatic rings. The second-order valence-electron chi connectivity index (χ2n) is 5.28. The maximum absolute atomic E-state index is 12.0. The molecule has 0 radical (unpaired) electrons. The van der Waals surface area contributed by atoms with Gasteiger partial charge >= 0.3 is 0 Å². The lowest BCUT2D eigenvalue weighted by atomic mass is 9.98. The van der Waals surface area contributed by atoms with Crippen LogP contribution in [0.15, 0.2) is 28.8 Å². The van der Waals surface area contributed by atoms with Crippen molar-refractivity contribution in [1.82, 2.24) is 5.16 Å². The molecule has 0 saturated heterocycles. The van der Waals surface area contributed by atoms with Gasteiger partial charge in [0.25, 0.3) is 0 Å². The Balaban J connectivity index is 2.08. The summed E-state index contributed by atoms with van der Waals surface area (Å²) in [6, 6.07) is 7.50. The quantitative estimate of drug-likeness (QED) is 0.917. The first-order chi connectivity index (χ1) is 9.99. The summed E-state index contributed by atoms with van der Waals surface area (Å²) in [6.45, 7) is 5.97. The van der Waals surface area contributed by atoms with Crippen molar-refractivity contribution in [1.29, 1.82) is 0 Å². The van der Waals surface area contributed by atoms with Gasteiger partial charge in [-0.3, -0.25) is 4.79 Å². The van der Waals surface area contributed by atoms with Gasteiger partial charge in [-0.05, 0) is 30.0 Å². The minimum absolute atomic E-state index is 0.122. The van der Waals surface area contributed by atoms with Gasteiger partial charge in [-0.15, -0.1) is 0 Å². The van der Waals surface area contributed by atoms with E-state index in [-0.39, 0.29) is 12.3 Å². The molecule has 5 nitrogen and oxygen atoms in total. The molecule has 112 valence electrons. The number of carbonyl (C=O) groups excluding carboxylic acids is 1. The largest absolute Gasteiger partial charge is 0.496 e. The number of methoxy groups -OCH3 is 1. The molecule has 0 aliphatic carbocycles. The van der Waals surface area contributed by atoms with Crippen LogP contribution in [0.5, 0.6) is 5.75 Å². The molecule has 1 N–H and O–H groups in total. The molecular weight excluding hydrogens is 268 g/mol. The molecule has 0 aliphatic heterocycles. The molecule has 21 heavy (non-hydrogen) atoms. The highest BCUT2D eigenvalue weighted by Gasteiger charge is 2.11. The lowest BCUT2D eigenvalue weighted by molar-refractivity contribution is -0.115. The molecule has 0 bridgehead atoms. The SMILES string of the molecule is COc1ccc(CC(=O)Nc2cc(C)on2)cc1C(C)C. The molecule has 1 aromatic carbocycles. The van der Waals surface area contributed by atoms with E-state index in [2.05, 4.69) is 24.3 Å². The van der Waals surface area contributed by atoms with Crippen LogP contribution in [0.4, 0.5) is 5.82 Å². The van der Waals surface area contributed by atoms with E-state index in [1.807, 2.05) is 18.2 Å². The molecule has 1 amide bonds. The minimum atomic E-state index is -0.122. The molecule has 0 fully saturated rings. The number of ether oxygens (including phenoxy) is 1. The number of carbonyl (C=O) groups is 1. The van der Waals surface area contributed by atoms with E-state index >= 15 is 0 Å². The first-order valence-corrected chi connectivity index (χ1v) is 6.89. The van der Waals surface area contributed by atoms with Crippen LogP contribution in [0.2, 0.25) is 0 Å². The van der Waals surface area contributed by atoms with Gasteiger partial charge < -0.3 is 14.6 Å². The lowest BCUT2D eigenvalue weighted by Crippen LogP contribution is -2.14. The van der Waals surface area contributed by atoms with Gasteiger partial charge in [-0.2, -0.15) is 0 Å². The van der Waals surface area contributed by atoms with Crippen LogP contribution in [0.3, 0.4) is 0 Å². The summed E-state index contributed by atoms with van der Waals surface area (Å²) >= 11 is 0. The molecule has 1 aromatic heterocycles. The molecule has 0 unspecified atom stereocenters. The minimum Gasteiger partial charge on any atom is -0.496 e. The fourth-order valence-corrected chi connectivity index (χ4v) is 2.14. The smallest absolute Gasteiger partial charge is 0.230 e. The number of rotatable bonds is 5. The third-order valence-electron chi connectivity index (χ3n) is 3.18.